The fourth-order valence-corrected chi connectivity index (χ4v) is 2.61. The molecule has 0 spiro atoms. The van der Waals surface area contributed by atoms with E-state index in [2.05, 4.69) is 0 Å². The molecule has 3 rings (SSSR count). The molecule has 1 heterocycles. The number of hydrogen-bond donors (Lipinski definition) is 0. The second-order valence-electron chi connectivity index (χ2n) is 4.76. The maximum atomic E-state index is 13.5. The van der Waals surface area contributed by atoms with Gasteiger partial charge < -0.3 is 9.47 Å². The van der Waals surface area contributed by atoms with Gasteiger partial charge in [-0.3, -0.25) is 0 Å². The van der Waals surface area contributed by atoms with E-state index < -0.39 is 5.97 Å². The summed E-state index contributed by atoms with van der Waals surface area (Å²) in [4.78, 5) is 11.7. The van der Waals surface area contributed by atoms with Crippen LogP contribution >= 0.6 is 11.6 Å². The maximum Gasteiger partial charge on any atom is 0.337 e. The molecule has 112 valence electrons. The van der Waals surface area contributed by atoms with Crippen LogP contribution in [0.1, 0.15) is 21.5 Å². The number of carbonyl (C=O) groups excluding carboxylic acids is 1. The van der Waals surface area contributed by atoms with Crippen LogP contribution in [0, 0.1) is 5.82 Å². The van der Waals surface area contributed by atoms with Gasteiger partial charge in [-0.1, -0.05) is 11.6 Å². The summed E-state index contributed by atoms with van der Waals surface area (Å²) in [7, 11) is 1.32. The largest absolute Gasteiger partial charge is 0.489 e. The van der Waals surface area contributed by atoms with E-state index in [1.54, 1.807) is 18.2 Å². The Morgan fingerprint density at radius 1 is 1.23 bits per heavy atom. The molecule has 0 saturated heterocycles. The van der Waals surface area contributed by atoms with E-state index in [0.29, 0.717) is 34.1 Å². The molecule has 0 aliphatic carbocycles. The molecule has 2 aromatic carbocycles. The minimum Gasteiger partial charge on any atom is -0.489 e. The molecule has 3 nitrogen and oxygen atoms in total. The van der Waals surface area contributed by atoms with Crippen molar-refractivity contribution in [1.29, 1.82) is 0 Å². The molecule has 0 N–H and O–H groups in total. The van der Waals surface area contributed by atoms with Crippen molar-refractivity contribution in [3.8, 4) is 5.75 Å². The lowest BCUT2D eigenvalue weighted by molar-refractivity contribution is 0.0600. The molecule has 5 heteroatoms. The van der Waals surface area contributed by atoms with Gasteiger partial charge in [-0.2, -0.15) is 0 Å². The molecule has 0 saturated carbocycles. The SMILES string of the molecule is COC(=O)c1ccc2c(c1)C(c1cc(F)ccc1Cl)=CCO2. The van der Waals surface area contributed by atoms with Crippen LogP contribution in [0.2, 0.25) is 5.02 Å². The van der Waals surface area contributed by atoms with Crippen molar-refractivity contribution in [3.63, 3.8) is 0 Å². The summed E-state index contributed by atoms with van der Waals surface area (Å²) in [5, 5.41) is 0.434. The van der Waals surface area contributed by atoms with Crippen molar-refractivity contribution in [1.82, 2.24) is 0 Å². The zero-order valence-corrected chi connectivity index (χ0v) is 12.5. The first-order chi connectivity index (χ1) is 10.6. The Kier molecular flexibility index (Phi) is 3.86. The van der Waals surface area contributed by atoms with Crippen LogP contribution < -0.4 is 4.74 Å². The fraction of sp³-hybridized carbons (Fsp3) is 0.118. The molecule has 0 fully saturated rings. The summed E-state index contributed by atoms with van der Waals surface area (Å²) < 4.78 is 23.8. The lowest BCUT2D eigenvalue weighted by atomic mass is 9.94. The number of carbonyl (C=O) groups is 1. The van der Waals surface area contributed by atoms with Crippen LogP contribution in [0.25, 0.3) is 5.57 Å². The number of ether oxygens (including phenoxy) is 2. The second-order valence-corrected chi connectivity index (χ2v) is 5.16. The highest BCUT2D eigenvalue weighted by Gasteiger charge is 2.20. The molecule has 2 aromatic rings. The molecule has 22 heavy (non-hydrogen) atoms. The zero-order valence-electron chi connectivity index (χ0n) is 11.7. The van der Waals surface area contributed by atoms with E-state index >= 15 is 0 Å². The molecule has 1 aliphatic heterocycles. The predicted molar refractivity (Wildman–Crippen MR) is 81.8 cm³/mol. The van der Waals surface area contributed by atoms with Crippen molar-refractivity contribution < 1.29 is 18.7 Å². The number of methoxy groups -OCH3 is 1. The normalized spacial score (nSPS) is 13.0. The Balaban J connectivity index is 2.14. The van der Waals surface area contributed by atoms with Crippen molar-refractivity contribution in [3.05, 3.63) is 70.0 Å². The zero-order chi connectivity index (χ0) is 15.7. The van der Waals surface area contributed by atoms with E-state index in [0.717, 1.165) is 5.57 Å². The Morgan fingerprint density at radius 3 is 2.82 bits per heavy atom. The third-order valence-electron chi connectivity index (χ3n) is 3.44. The van der Waals surface area contributed by atoms with E-state index in [-0.39, 0.29) is 5.82 Å². The Bertz CT molecular complexity index is 783. The number of hydrogen-bond acceptors (Lipinski definition) is 3. The van der Waals surface area contributed by atoms with Gasteiger partial charge >= 0.3 is 5.97 Å². The van der Waals surface area contributed by atoms with Gasteiger partial charge in [0.15, 0.2) is 0 Å². The van der Waals surface area contributed by atoms with Crippen LogP contribution in [0.5, 0.6) is 5.75 Å². The summed E-state index contributed by atoms with van der Waals surface area (Å²) in [5.41, 5.74) is 2.37. The van der Waals surface area contributed by atoms with Crippen LogP contribution in [0.15, 0.2) is 42.5 Å². The number of rotatable bonds is 2. The molecular weight excluding hydrogens is 307 g/mol. The van der Waals surface area contributed by atoms with E-state index in [4.69, 9.17) is 21.1 Å². The summed E-state index contributed by atoms with van der Waals surface area (Å²) >= 11 is 6.19. The molecule has 0 aromatic heterocycles. The second kappa shape index (κ2) is 5.81. The Hall–Kier alpha value is -2.33. The summed E-state index contributed by atoms with van der Waals surface area (Å²) in [5.74, 6) is -0.207. The van der Waals surface area contributed by atoms with Gasteiger partial charge in [-0.25, -0.2) is 9.18 Å². The molecule has 0 unspecified atom stereocenters. The third-order valence-corrected chi connectivity index (χ3v) is 3.77. The highest BCUT2D eigenvalue weighted by Crippen LogP contribution is 2.37. The smallest absolute Gasteiger partial charge is 0.337 e. The van der Waals surface area contributed by atoms with Crippen molar-refractivity contribution in [2.75, 3.05) is 13.7 Å². The first-order valence-corrected chi connectivity index (χ1v) is 6.99. The number of esters is 1. The predicted octanol–water partition coefficient (Wildman–Crippen LogP) is 4.09. The van der Waals surface area contributed by atoms with Gasteiger partial charge in [-0.05, 0) is 48.0 Å². The lowest BCUT2D eigenvalue weighted by Crippen LogP contribution is -2.08. The van der Waals surface area contributed by atoms with Crippen molar-refractivity contribution in [2.24, 2.45) is 0 Å². The quantitative estimate of drug-likeness (QED) is 0.782. The van der Waals surface area contributed by atoms with Crippen LogP contribution in [0.3, 0.4) is 0 Å². The molecular formula is C17H12ClFO3. The average Bonchev–Trinajstić information content (AvgIpc) is 2.55. The van der Waals surface area contributed by atoms with Gasteiger partial charge in [0.05, 0.1) is 12.7 Å². The van der Waals surface area contributed by atoms with Crippen molar-refractivity contribution >= 4 is 23.1 Å². The summed E-state index contributed by atoms with van der Waals surface area (Å²) in [6.07, 6.45) is 1.81. The minimum absolute atomic E-state index is 0.354. The third kappa shape index (κ3) is 2.57. The summed E-state index contributed by atoms with van der Waals surface area (Å²) in [6.45, 7) is 0.354. The standard InChI is InChI=1S/C17H12ClFO3/c1-21-17(20)10-2-5-16-14(8-10)12(6-7-22-16)13-9-11(19)3-4-15(13)18/h2-6,8-9H,7H2,1H3. The number of halogens is 2. The highest BCUT2D eigenvalue weighted by atomic mass is 35.5. The molecule has 0 bridgehead atoms. The van der Waals surface area contributed by atoms with Gasteiger partial charge in [0.1, 0.15) is 18.2 Å². The fourth-order valence-electron chi connectivity index (χ4n) is 2.39. The maximum absolute atomic E-state index is 13.5. The Morgan fingerprint density at radius 2 is 2.05 bits per heavy atom. The average molecular weight is 319 g/mol. The van der Waals surface area contributed by atoms with E-state index in [9.17, 15) is 9.18 Å². The first kappa shape index (κ1) is 14.6. The van der Waals surface area contributed by atoms with Gasteiger partial charge in [0, 0.05) is 16.1 Å². The van der Waals surface area contributed by atoms with Crippen LogP contribution in [-0.4, -0.2) is 19.7 Å². The van der Waals surface area contributed by atoms with Gasteiger partial charge in [-0.15, -0.1) is 0 Å². The van der Waals surface area contributed by atoms with Gasteiger partial charge in [0.25, 0.3) is 0 Å². The van der Waals surface area contributed by atoms with Crippen LogP contribution in [0.4, 0.5) is 4.39 Å². The van der Waals surface area contributed by atoms with Gasteiger partial charge in [0.2, 0.25) is 0 Å². The lowest BCUT2D eigenvalue weighted by Gasteiger charge is -2.20. The Labute approximate surface area is 131 Å². The van der Waals surface area contributed by atoms with E-state index in [1.165, 1.54) is 25.3 Å². The highest BCUT2D eigenvalue weighted by molar-refractivity contribution is 6.32. The minimum atomic E-state index is -0.446. The monoisotopic (exact) mass is 318 g/mol. The van der Waals surface area contributed by atoms with Crippen LogP contribution in [-0.2, 0) is 4.74 Å². The topological polar surface area (TPSA) is 35.5 Å². The number of fused-ring (bicyclic) bond motifs is 1. The van der Waals surface area contributed by atoms with E-state index in [1.807, 2.05) is 6.08 Å². The molecule has 1 aliphatic rings. The molecule has 0 amide bonds. The summed E-state index contributed by atoms with van der Waals surface area (Å²) in [6, 6.07) is 9.16. The molecule has 0 radical (unpaired) electrons. The number of benzene rings is 2. The first-order valence-electron chi connectivity index (χ1n) is 6.61. The molecule has 0 atom stereocenters. The van der Waals surface area contributed by atoms with Crippen molar-refractivity contribution in [2.45, 2.75) is 0 Å².